The molecule has 0 aromatic carbocycles. The lowest BCUT2D eigenvalue weighted by atomic mass is 10.4. The van der Waals surface area contributed by atoms with Crippen molar-refractivity contribution in [1.29, 1.82) is 0 Å². The molecule has 9 heteroatoms. The number of hydrogen-bond donors (Lipinski definition) is 0. The summed E-state index contributed by atoms with van der Waals surface area (Å²) in [6.45, 7) is 0.572. The summed E-state index contributed by atoms with van der Waals surface area (Å²) in [6, 6.07) is 2.38. The average Bonchev–Trinajstić information content (AvgIpc) is 2.39. The van der Waals surface area contributed by atoms with Crippen molar-refractivity contribution >= 4 is 17.9 Å². The minimum atomic E-state index is -0.324. The van der Waals surface area contributed by atoms with Crippen molar-refractivity contribution in [3.8, 4) is 0 Å². The highest BCUT2D eigenvalue weighted by Gasteiger charge is 1.97. The van der Waals surface area contributed by atoms with Crippen LogP contribution in [0, 0.1) is 0 Å². The Morgan fingerprint density at radius 3 is 1.43 bits per heavy atom. The fourth-order valence-corrected chi connectivity index (χ4v) is 0.649. The molecule has 6 nitrogen and oxygen atoms in total. The largest absolute Gasteiger partial charge is 0.469 e. The van der Waals surface area contributed by atoms with Crippen LogP contribution in [0.25, 0.3) is 0 Å². The van der Waals surface area contributed by atoms with Crippen LogP contribution in [0.5, 0.6) is 0 Å². The molecule has 0 saturated carbocycles. The molecular formula is C12H27F3N2O4. The van der Waals surface area contributed by atoms with Crippen molar-refractivity contribution in [1.82, 2.24) is 0 Å². The van der Waals surface area contributed by atoms with Crippen molar-refractivity contribution in [3.63, 3.8) is 0 Å². The second-order valence-electron chi connectivity index (χ2n) is 2.52. The number of ether oxygens (including phenoxy) is 2. The molecule has 0 aliphatic heterocycles. The first-order chi connectivity index (χ1) is 8.20. The first-order valence-electron chi connectivity index (χ1n) is 4.56. The van der Waals surface area contributed by atoms with Gasteiger partial charge in [0.2, 0.25) is 0 Å². The van der Waals surface area contributed by atoms with Crippen LogP contribution in [0.1, 0.15) is 35.1 Å². The normalized spacial score (nSPS) is 6.48. The van der Waals surface area contributed by atoms with Gasteiger partial charge in [-0.25, -0.2) is 9.98 Å². The molecule has 0 amide bonds. The first kappa shape index (κ1) is 36.5. The molecule has 0 unspecified atom stereocenters. The predicted octanol–water partition coefficient (Wildman–Crippen LogP) is 3.19. The third-order valence-corrected chi connectivity index (χ3v) is 1.45. The number of carbonyl (C=O) groups is 2. The second-order valence-corrected chi connectivity index (χ2v) is 2.52. The van der Waals surface area contributed by atoms with Crippen LogP contribution in [-0.4, -0.2) is 45.3 Å². The van der Waals surface area contributed by atoms with E-state index in [9.17, 15) is 9.59 Å². The summed E-state index contributed by atoms with van der Waals surface area (Å²) in [6.07, 6.45) is 0.409. The maximum Gasteiger partial charge on any atom is 0.307 e. The standard InChI is InChI=1S/C9H14N2O4.3CH4.F2.FH/c1-14-8(12)3-5-10-7-11-6-4-9(13)15-2;;;;1-2;/h3-6H2,1-2H3;3*1H4;;1H. The zero-order valence-corrected chi connectivity index (χ0v) is 10.0. The number of nitrogens with zero attached hydrogens (tertiary/aromatic N) is 2. The molecule has 130 valence electrons. The number of halogens is 3. The van der Waals surface area contributed by atoms with Gasteiger partial charge in [0.05, 0.1) is 46.2 Å². The average molecular weight is 320 g/mol. The van der Waals surface area contributed by atoms with Gasteiger partial charge in [0.15, 0.2) is 0 Å². The van der Waals surface area contributed by atoms with Crippen LogP contribution in [-0.2, 0) is 19.1 Å². The maximum atomic E-state index is 10.6. The van der Waals surface area contributed by atoms with Gasteiger partial charge in [-0.3, -0.25) is 14.3 Å². The molecule has 0 bridgehead atoms. The van der Waals surface area contributed by atoms with E-state index in [0.29, 0.717) is 0 Å². The molecule has 0 N–H and O–H groups in total. The number of rotatable bonds is 6. The summed E-state index contributed by atoms with van der Waals surface area (Å²) in [5.41, 5.74) is 0. The van der Waals surface area contributed by atoms with Gasteiger partial charge in [0.25, 0.3) is 0 Å². The lowest BCUT2D eigenvalue weighted by Gasteiger charge is -1.92. The molecule has 0 heterocycles. The van der Waals surface area contributed by atoms with Gasteiger partial charge in [-0.05, 0) is 0 Å². The molecule has 0 aliphatic rings. The Balaban J connectivity index is -0.0000000895. The molecule has 0 aromatic rings. The summed E-state index contributed by atoms with van der Waals surface area (Å²) < 4.78 is 24.8. The molecular weight excluding hydrogens is 293 g/mol. The van der Waals surface area contributed by atoms with Gasteiger partial charge in [-0.1, -0.05) is 22.3 Å². The molecule has 21 heavy (non-hydrogen) atoms. The minimum Gasteiger partial charge on any atom is -0.469 e. The van der Waals surface area contributed by atoms with E-state index in [2.05, 4.69) is 25.5 Å². The molecule has 0 atom stereocenters. The lowest BCUT2D eigenvalue weighted by molar-refractivity contribution is -0.141. The molecule has 0 fully saturated rings. The number of aliphatic imine (C=N–C) groups is 2. The Kier molecular flexibility index (Phi) is 53.6. The SMILES string of the molecule is C.C.C.COC(=O)CCN=C=NCCC(=O)OC.F.FF. The summed E-state index contributed by atoms with van der Waals surface area (Å²) >= 11 is 0. The van der Waals surface area contributed by atoms with Gasteiger partial charge in [-0.2, -0.15) is 0 Å². The fourth-order valence-electron chi connectivity index (χ4n) is 0.649. The van der Waals surface area contributed by atoms with E-state index >= 15 is 0 Å². The predicted molar refractivity (Wildman–Crippen MR) is 77.8 cm³/mol. The highest BCUT2D eigenvalue weighted by molar-refractivity contribution is 5.70. The summed E-state index contributed by atoms with van der Waals surface area (Å²) in [7, 11) is 2.63. The smallest absolute Gasteiger partial charge is 0.307 e. The monoisotopic (exact) mass is 320 g/mol. The van der Waals surface area contributed by atoms with Crippen LogP contribution in [0.15, 0.2) is 9.98 Å². The topological polar surface area (TPSA) is 77.3 Å². The third kappa shape index (κ3) is 32.0. The van der Waals surface area contributed by atoms with E-state index in [-0.39, 0.29) is 64.9 Å². The summed E-state index contributed by atoms with van der Waals surface area (Å²) in [5.74, 6) is -0.648. The Morgan fingerprint density at radius 2 is 1.19 bits per heavy atom. The Hall–Kier alpha value is -1.89. The molecule has 0 saturated heterocycles. The van der Waals surface area contributed by atoms with Crippen LogP contribution < -0.4 is 0 Å². The van der Waals surface area contributed by atoms with Crippen LogP contribution in [0.4, 0.5) is 13.9 Å². The van der Waals surface area contributed by atoms with Gasteiger partial charge in [0.1, 0.15) is 0 Å². The van der Waals surface area contributed by atoms with Gasteiger partial charge >= 0.3 is 11.9 Å². The van der Waals surface area contributed by atoms with E-state index < -0.39 is 0 Å². The summed E-state index contributed by atoms with van der Waals surface area (Å²) in [5, 5.41) is 0. The second kappa shape index (κ2) is 30.8. The van der Waals surface area contributed by atoms with E-state index in [1.165, 1.54) is 14.2 Å². The highest BCUT2D eigenvalue weighted by atomic mass is 20.0. The number of carbonyl (C=O) groups excluding carboxylic acids is 2. The zero-order chi connectivity index (χ0) is 13.5. The number of methoxy groups -OCH3 is 2. The van der Waals surface area contributed by atoms with E-state index in [1.54, 1.807) is 0 Å². The van der Waals surface area contributed by atoms with Crippen LogP contribution in [0.2, 0.25) is 0 Å². The van der Waals surface area contributed by atoms with E-state index in [0.717, 1.165) is 0 Å². The number of hydrogen-bond acceptors (Lipinski definition) is 6. The van der Waals surface area contributed by atoms with Gasteiger partial charge < -0.3 is 9.47 Å². The quantitative estimate of drug-likeness (QED) is 0.556. The molecule has 0 radical (unpaired) electrons. The molecule has 0 aromatic heterocycles. The molecule has 0 aliphatic carbocycles. The van der Waals surface area contributed by atoms with Gasteiger partial charge in [-0.15, -0.1) is 0 Å². The van der Waals surface area contributed by atoms with Crippen molar-refractivity contribution < 1.29 is 32.9 Å². The third-order valence-electron chi connectivity index (χ3n) is 1.45. The summed E-state index contributed by atoms with van der Waals surface area (Å²) in [4.78, 5) is 28.7. The van der Waals surface area contributed by atoms with Crippen LogP contribution >= 0.6 is 0 Å². The number of esters is 2. The van der Waals surface area contributed by atoms with E-state index in [1.807, 2.05) is 0 Å². The minimum absolute atomic E-state index is 0. The molecule has 0 spiro atoms. The Labute approximate surface area is 124 Å². The Bertz CT molecular complexity index is 260. The van der Waals surface area contributed by atoms with Crippen molar-refractivity contribution in [2.24, 2.45) is 9.98 Å². The fraction of sp³-hybridized carbons (Fsp3) is 0.750. The Morgan fingerprint density at radius 1 is 0.905 bits per heavy atom. The van der Waals surface area contributed by atoms with Crippen molar-refractivity contribution in [2.75, 3.05) is 27.3 Å². The van der Waals surface area contributed by atoms with Crippen LogP contribution in [0.3, 0.4) is 0 Å². The lowest BCUT2D eigenvalue weighted by Crippen LogP contribution is -2.02. The molecule has 0 rings (SSSR count). The first-order valence-corrected chi connectivity index (χ1v) is 4.56. The van der Waals surface area contributed by atoms with E-state index in [4.69, 9.17) is 9.15 Å². The van der Waals surface area contributed by atoms with Crippen molar-refractivity contribution in [3.05, 3.63) is 0 Å². The highest BCUT2D eigenvalue weighted by Crippen LogP contribution is 1.85. The van der Waals surface area contributed by atoms with Gasteiger partial charge in [0, 0.05) is 9.15 Å². The zero-order valence-electron chi connectivity index (χ0n) is 10.0. The van der Waals surface area contributed by atoms with Crippen molar-refractivity contribution in [2.45, 2.75) is 35.1 Å². The maximum absolute atomic E-state index is 10.6.